The van der Waals surface area contributed by atoms with Gasteiger partial charge in [0.05, 0.1) is 30.7 Å². The molecule has 0 aliphatic carbocycles. The average Bonchev–Trinajstić information content (AvgIpc) is 2.49. The van der Waals surface area contributed by atoms with E-state index in [1.54, 1.807) is 25.3 Å². The maximum Gasteiger partial charge on any atom is 0.340 e. The SMILES string of the molecule is COCc1cccc(Nc2c(N)cccc2C(=O)OC)c1. The van der Waals surface area contributed by atoms with Gasteiger partial charge in [0, 0.05) is 12.8 Å². The molecule has 0 radical (unpaired) electrons. The van der Waals surface area contributed by atoms with Crippen molar-refractivity contribution in [2.24, 2.45) is 0 Å². The second kappa shape index (κ2) is 6.76. The Morgan fingerprint density at radius 1 is 1.19 bits per heavy atom. The first-order chi connectivity index (χ1) is 10.2. The molecular formula is C16H18N2O3. The highest BCUT2D eigenvalue weighted by Gasteiger charge is 2.14. The number of para-hydroxylation sites is 1. The molecule has 0 unspecified atom stereocenters. The monoisotopic (exact) mass is 286 g/mol. The lowest BCUT2D eigenvalue weighted by Crippen LogP contribution is -2.08. The van der Waals surface area contributed by atoms with Crippen LogP contribution < -0.4 is 11.1 Å². The molecule has 0 spiro atoms. The summed E-state index contributed by atoms with van der Waals surface area (Å²) in [6.07, 6.45) is 0. The first kappa shape index (κ1) is 14.9. The van der Waals surface area contributed by atoms with Crippen molar-refractivity contribution in [3.63, 3.8) is 0 Å². The number of rotatable bonds is 5. The first-order valence-electron chi connectivity index (χ1n) is 6.47. The predicted molar refractivity (Wildman–Crippen MR) is 82.6 cm³/mol. The summed E-state index contributed by atoms with van der Waals surface area (Å²) in [6.45, 7) is 0.518. The van der Waals surface area contributed by atoms with Gasteiger partial charge in [-0.05, 0) is 29.8 Å². The van der Waals surface area contributed by atoms with E-state index in [0.717, 1.165) is 11.3 Å². The maximum absolute atomic E-state index is 11.8. The van der Waals surface area contributed by atoms with Crippen LogP contribution >= 0.6 is 0 Å². The third-order valence-corrected chi connectivity index (χ3v) is 3.01. The summed E-state index contributed by atoms with van der Waals surface area (Å²) in [5.41, 5.74) is 9.23. The first-order valence-corrected chi connectivity index (χ1v) is 6.47. The fourth-order valence-corrected chi connectivity index (χ4v) is 2.04. The molecule has 21 heavy (non-hydrogen) atoms. The zero-order valence-electron chi connectivity index (χ0n) is 12.1. The van der Waals surface area contributed by atoms with Gasteiger partial charge < -0.3 is 20.5 Å². The van der Waals surface area contributed by atoms with E-state index >= 15 is 0 Å². The van der Waals surface area contributed by atoms with Crippen molar-refractivity contribution >= 4 is 23.0 Å². The molecule has 110 valence electrons. The van der Waals surface area contributed by atoms with Crippen LogP contribution in [0.15, 0.2) is 42.5 Å². The molecule has 0 saturated heterocycles. The molecule has 5 heteroatoms. The van der Waals surface area contributed by atoms with E-state index in [1.165, 1.54) is 7.11 Å². The minimum atomic E-state index is -0.433. The molecule has 0 amide bonds. The lowest BCUT2D eigenvalue weighted by molar-refractivity contribution is 0.0602. The second-order valence-electron chi connectivity index (χ2n) is 4.52. The molecule has 5 nitrogen and oxygen atoms in total. The smallest absolute Gasteiger partial charge is 0.340 e. The molecule has 2 aromatic carbocycles. The molecule has 0 atom stereocenters. The topological polar surface area (TPSA) is 73.6 Å². The van der Waals surface area contributed by atoms with Crippen molar-refractivity contribution < 1.29 is 14.3 Å². The third-order valence-electron chi connectivity index (χ3n) is 3.01. The molecular weight excluding hydrogens is 268 g/mol. The average molecular weight is 286 g/mol. The van der Waals surface area contributed by atoms with Crippen molar-refractivity contribution in [3.8, 4) is 0 Å². The van der Waals surface area contributed by atoms with Crippen LogP contribution in [-0.4, -0.2) is 20.2 Å². The van der Waals surface area contributed by atoms with Gasteiger partial charge in [-0.25, -0.2) is 4.79 Å². The van der Waals surface area contributed by atoms with E-state index in [1.807, 2.05) is 24.3 Å². The van der Waals surface area contributed by atoms with Gasteiger partial charge in [0.1, 0.15) is 0 Å². The maximum atomic E-state index is 11.8. The van der Waals surface area contributed by atoms with Crippen LogP contribution in [0.1, 0.15) is 15.9 Å². The largest absolute Gasteiger partial charge is 0.465 e. The molecule has 0 saturated carbocycles. The number of benzene rings is 2. The van der Waals surface area contributed by atoms with Gasteiger partial charge in [0.2, 0.25) is 0 Å². The number of esters is 1. The van der Waals surface area contributed by atoms with E-state index < -0.39 is 5.97 Å². The van der Waals surface area contributed by atoms with Crippen molar-refractivity contribution in [1.29, 1.82) is 0 Å². The summed E-state index contributed by atoms with van der Waals surface area (Å²) in [5, 5.41) is 3.17. The van der Waals surface area contributed by atoms with Crippen molar-refractivity contribution in [2.45, 2.75) is 6.61 Å². The zero-order valence-corrected chi connectivity index (χ0v) is 12.1. The molecule has 3 N–H and O–H groups in total. The Balaban J connectivity index is 2.35. The number of nitrogens with two attached hydrogens (primary N) is 1. The van der Waals surface area contributed by atoms with Gasteiger partial charge in [0.15, 0.2) is 0 Å². The quantitative estimate of drug-likeness (QED) is 0.653. The molecule has 0 aliphatic rings. The Hall–Kier alpha value is -2.53. The fourth-order valence-electron chi connectivity index (χ4n) is 2.04. The van der Waals surface area contributed by atoms with Crippen LogP contribution in [0, 0.1) is 0 Å². The van der Waals surface area contributed by atoms with E-state index in [2.05, 4.69) is 5.32 Å². The highest BCUT2D eigenvalue weighted by molar-refractivity contribution is 5.99. The van der Waals surface area contributed by atoms with Crippen LogP contribution in [0.25, 0.3) is 0 Å². The normalized spacial score (nSPS) is 10.2. The summed E-state index contributed by atoms with van der Waals surface area (Å²) in [6, 6.07) is 12.8. The van der Waals surface area contributed by atoms with Gasteiger partial charge >= 0.3 is 5.97 Å². The minimum absolute atomic E-state index is 0.398. The molecule has 0 fully saturated rings. The second-order valence-corrected chi connectivity index (χ2v) is 4.52. The number of nitrogens with one attached hydrogen (secondary N) is 1. The standard InChI is InChI=1S/C16H18N2O3/c1-20-10-11-5-3-6-12(9-11)18-15-13(16(19)21-2)7-4-8-14(15)17/h3-9,18H,10,17H2,1-2H3. The molecule has 2 aromatic rings. The van der Waals surface area contributed by atoms with Crippen LogP contribution in [0.3, 0.4) is 0 Å². The number of hydrogen-bond acceptors (Lipinski definition) is 5. The highest BCUT2D eigenvalue weighted by atomic mass is 16.5. The van der Waals surface area contributed by atoms with Crippen LogP contribution in [0.2, 0.25) is 0 Å². The van der Waals surface area contributed by atoms with E-state index in [4.69, 9.17) is 15.2 Å². The lowest BCUT2D eigenvalue weighted by atomic mass is 10.1. The van der Waals surface area contributed by atoms with Crippen molar-refractivity contribution in [2.75, 3.05) is 25.3 Å². The highest BCUT2D eigenvalue weighted by Crippen LogP contribution is 2.28. The zero-order chi connectivity index (χ0) is 15.2. The number of carbonyl (C=O) groups excluding carboxylic acids is 1. The van der Waals surface area contributed by atoms with Crippen molar-refractivity contribution in [3.05, 3.63) is 53.6 Å². The number of ether oxygens (including phenoxy) is 2. The van der Waals surface area contributed by atoms with Crippen LogP contribution in [0.4, 0.5) is 17.1 Å². The fraction of sp³-hybridized carbons (Fsp3) is 0.188. The van der Waals surface area contributed by atoms with Gasteiger partial charge in [0.25, 0.3) is 0 Å². The van der Waals surface area contributed by atoms with Gasteiger partial charge in [-0.1, -0.05) is 18.2 Å². The van der Waals surface area contributed by atoms with Gasteiger partial charge in [-0.2, -0.15) is 0 Å². The van der Waals surface area contributed by atoms with E-state index in [9.17, 15) is 4.79 Å². The molecule has 2 rings (SSSR count). The predicted octanol–water partition coefficient (Wildman–Crippen LogP) is 2.95. The summed E-state index contributed by atoms with van der Waals surface area (Å²) in [4.78, 5) is 11.8. The number of carbonyl (C=O) groups is 1. The number of nitrogen functional groups attached to an aromatic ring is 1. The summed E-state index contributed by atoms with van der Waals surface area (Å²) in [5.74, 6) is -0.433. The molecule has 0 heterocycles. The summed E-state index contributed by atoms with van der Waals surface area (Å²) < 4.78 is 9.89. The Kier molecular flexibility index (Phi) is 4.79. The number of anilines is 3. The minimum Gasteiger partial charge on any atom is -0.465 e. The third kappa shape index (κ3) is 3.52. The van der Waals surface area contributed by atoms with Crippen LogP contribution in [-0.2, 0) is 16.1 Å². The molecule has 0 aliphatic heterocycles. The summed E-state index contributed by atoms with van der Waals surface area (Å²) in [7, 11) is 2.99. The van der Waals surface area contributed by atoms with Gasteiger partial charge in [-0.15, -0.1) is 0 Å². The van der Waals surface area contributed by atoms with Crippen LogP contribution in [0.5, 0.6) is 0 Å². The van der Waals surface area contributed by atoms with E-state index in [-0.39, 0.29) is 0 Å². The van der Waals surface area contributed by atoms with Gasteiger partial charge in [-0.3, -0.25) is 0 Å². The number of hydrogen-bond donors (Lipinski definition) is 2. The Morgan fingerprint density at radius 2 is 1.95 bits per heavy atom. The van der Waals surface area contributed by atoms with E-state index in [0.29, 0.717) is 23.5 Å². The molecule has 0 aromatic heterocycles. The Labute approximate surface area is 123 Å². The Bertz CT molecular complexity index is 641. The number of methoxy groups -OCH3 is 2. The summed E-state index contributed by atoms with van der Waals surface area (Å²) >= 11 is 0. The van der Waals surface area contributed by atoms with Crippen molar-refractivity contribution in [1.82, 2.24) is 0 Å². The lowest BCUT2D eigenvalue weighted by Gasteiger charge is -2.14. The Morgan fingerprint density at radius 3 is 2.67 bits per heavy atom. The molecule has 0 bridgehead atoms.